The molecule has 0 unspecified atom stereocenters. The van der Waals surface area contributed by atoms with Crippen molar-refractivity contribution in [2.24, 2.45) is 20.5 Å². The zero-order valence-corrected chi connectivity index (χ0v) is 29.7. The summed E-state index contributed by atoms with van der Waals surface area (Å²) in [5, 5.41) is 39.6. The summed E-state index contributed by atoms with van der Waals surface area (Å²) in [7, 11) is -9.24. The van der Waals surface area contributed by atoms with Crippen LogP contribution in [0.3, 0.4) is 0 Å². The summed E-state index contributed by atoms with van der Waals surface area (Å²) in [6.45, 7) is 4.04. The highest BCUT2D eigenvalue weighted by atomic mass is 32.2. The summed E-state index contributed by atoms with van der Waals surface area (Å²) < 4.78 is 68.2. The van der Waals surface area contributed by atoms with Gasteiger partial charge in [0.15, 0.2) is 11.5 Å². The lowest BCUT2D eigenvalue weighted by Crippen LogP contribution is -1.99. The number of fused-ring (bicyclic) bond motifs is 2. The number of nitrogens with zero attached hydrogens (tertiary/aromatic N) is 4. The maximum atomic E-state index is 12.1. The minimum atomic E-state index is -4.62. The van der Waals surface area contributed by atoms with Crippen LogP contribution in [0.1, 0.15) is 37.8 Å². The van der Waals surface area contributed by atoms with Crippen molar-refractivity contribution in [2.75, 3.05) is 0 Å². The maximum absolute atomic E-state index is 12.1. The second-order valence-electron chi connectivity index (χ2n) is 12.1. The van der Waals surface area contributed by atoms with Crippen molar-refractivity contribution in [3.8, 4) is 22.6 Å². The monoisotopic (exact) mass is 738 g/mol. The van der Waals surface area contributed by atoms with Crippen LogP contribution in [0.5, 0.6) is 11.5 Å². The highest BCUT2D eigenvalue weighted by Gasteiger charge is 2.21. The number of aromatic hydroxyl groups is 2. The van der Waals surface area contributed by atoms with Gasteiger partial charge in [-0.15, -0.1) is 10.2 Å². The SMILES string of the molecule is CCCc1cc(-c2ccc(/N=N/c3cc(S(=O)(=O)O)c4ccccc4c3O)c(CCC)c2)ccc1/N=N/c1cc(S(=O)(=O)O)c2ccccc2c1O. The average Bonchev–Trinajstić information content (AvgIpc) is 3.11. The van der Waals surface area contributed by atoms with Crippen LogP contribution >= 0.6 is 0 Å². The first kappa shape index (κ1) is 36.3. The van der Waals surface area contributed by atoms with E-state index in [9.17, 15) is 36.2 Å². The van der Waals surface area contributed by atoms with Crippen molar-refractivity contribution in [3.63, 3.8) is 0 Å². The van der Waals surface area contributed by atoms with Gasteiger partial charge in [-0.2, -0.15) is 27.1 Å². The molecule has 0 saturated heterocycles. The first-order valence-corrected chi connectivity index (χ1v) is 19.2. The van der Waals surface area contributed by atoms with Crippen molar-refractivity contribution in [3.05, 3.63) is 108 Å². The lowest BCUT2D eigenvalue weighted by Gasteiger charge is -2.12. The second kappa shape index (κ2) is 14.6. The molecule has 52 heavy (non-hydrogen) atoms. The largest absolute Gasteiger partial charge is 0.505 e. The highest BCUT2D eigenvalue weighted by molar-refractivity contribution is 7.86. The standard InChI is InChI=1S/C38H34N4O8S2/c1-3-9-25-19-23(15-17-31(25)39-41-33-21-35(51(45,46)47)27-11-5-7-13-29(27)37(33)43)24-16-18-32(26(20-24)10-4-2)40-42-34-22-36(52(48,49)50)28-12-6-8-14-30(28)38(34)44/h5-8,11-22,43-44H,3-4,9-10H2,1-2H3,(H,45,46,47)(H,48,49,50)/b41-39+,42-40+. The fourth-order valence-corrected chi connectivity index (χ4v) is 7.52. The molecule has 0 saturated carbocycles. The fourth-order valence-electron chi connectivity index (χ4n) is 6.08. The Morgan fingerprint density at radius 3 is 1.17 bits per heavy atom. The molecule has 0 aliphatic rings. The summed E-state index contributed by atoms with van der Waals surface area (Å²) in [6.07, 6.45) is 2.89. The Bertz CT molecular complexity index is 2460. The van der Waals surface area contributed by atoms with Crippen LogP contribution in [0.4, 0.5) is 22.7 Å². The normalized spacial score (nSPS) is 12.5. The van der Waals surface area contributed by atoms with Gasteiger partial charge in [-0.1, -0.05) is 87.4 Å². The van der Waals surface area contributed by atoms with Gasteiger partial charge in [0.05, 0.1) is 11.4 Å². The molecular formula is C38H34N4O8S2. The molecule has 0 aliphatic heterocycles. The van der Waals surface area contributed by atoms with Crippen LogP contribution in [0, 0.1) is 0 Å². The number of phenols is 2. The van der Waals surface area contributed by atoms with Crippen LogP contribution < -0.4 is 0 Å². The van der Waals surface area contributed by atoms with Gasteiger partial charge in [-0.05, 0) is 71.5 Å². The number of aryl methyl sites for hydroxylation is 2. The van der Waals surface area contributed by atoms with Crippen LogP contribution in [0.15, 0.2) is 127 Å². The molecule has 4 N–H and O–H groups in total. The predicted molar refractivity (Wildman–Crippen MR) is 199 cm³/mol. The molecule has 0 aliphatic carbocycles. The van der Waals surface area contributed by atoms with Crippen LogP contribution in [-0.4, -0.2) is 36.2 Å². The number of azo groups is 2. The Hall–Kier alpha value is -5.54. The van der Waals surface area contributed by atoms with Gasteiger partial charge in [0, 0.05) is 21.5 Å². The van der Waals surface area contributed by atoms with Crippen molar-refractivity contribution >= 4 is 64.5 Å². The summed E-state index contributed by atoms with van der Waals surface area (Å²) in [5.74, 6) is -0.536. The molecular weight excluding hydrogens is 705 g/mol. The van der Waals surface area contributed by atoms with E-state index in [2.05, 4.69) is 20.5 Å². The molecule has 14 heteroatoms. The Balaban J connectivity index is 1.35. The van der Waals surface area contributed by atoms with E-state index in [4.69, 9.17) is 0 Å². The Morgan fingerprint density at radius 2 is 0.827 bits per heavy atom. The third kappa shape index (κ3) is 7.41. The van der Waals surface area contributed by atoms with Crippen LogP contribution in [-0.2, 0) is 33.1 Å². The van der Waals surface area contributed by atoms with Crippen LogP contribution in [0.25, 0.3) is 32.7 Å². The van der Waals surface area contributed by atoms with E-state index in [1.807, 2.05) is 38.1 Å². The van der Waals surface area contributed by atoms with E-state index < -0.39 is 20.2 Å². The van der Waals surface area contributed by atoms with E-state index in [1.54, 1.807) is 36.4 Å². The molecule has 12 nitrogen and oxygen atoms in total. The van der Waals surface area contributed by atoms with Gasteiger partial charge in [0.2, 0.25) is 0 Å². The summed E-state index contributed by atoms with van der Waals surface area (Å²) >= 11 is 0. The first-order valence-electron chi connectivity index (χ1n) is 16.3. The Labute approximate surface area is 300 Å². The Kier molecular flexibility index (Phi) is 10.2. The molecule has 266 valence electrons. The average molecular weight is 739 g/mol. The summed E-state index contributed by atoms with van der Waals surface area (Å²) in [5.41, 5.74) is 4.31. The van der Waals surface area contributed by atoms with Gasteiger partial charge < -0.3 is 10.2 Å². The fraction of sp³-hybridized carbons (Fsp3) is 0.158. The quantitative estimate of drug-likeness (QED) is 0.0743. The molecule has 0 spiro atoms. The molecule has 0 atom stereocenters. The Morgan fingerprint density at radius 1 is 0.481 bits per heavy atom. The van der Waals surface area contributed by atoms with E-state index in [0.717, 1.165) is 47.2 Å². The van der Waals surface area contributed by atoms with E-state index >= 15 is 0 Å². The van der Waals surface area contributed by atoms with Gasteiger partial charge >= 0.3 is 0 Å². The number of benzene rings is 6. The molecule has 0 aromatic heterocycles. The van der Waals surface area contributed by atoms with Crippen molar-refractivity contribution < 1.29 is 36.2 Å². The van der Waals surface area contributed by atoms with Gasteiger partial charge in [0.25, 0.3) is 20.2 Å². The third-order valence-corrected chi connectivity index (χ3v) is 10.3. The number of hydrogen-bond donors (Lipinski definition) is 4. The third-order valence-electron chi connectivity index (χ3n) is 8.53. The highest BCUT2D eigenvalue weighted by Crippen LogP contribution is 2.42. The smallest absolute Gasteiger partial charge is 0.295 e. The zero-order valence-electron chi connectivity index (χ0n) is 28.1. The number of phenolic OH excluding ortho intramolecular Hbond substituents is 2. The zero-order chi connectivity index (χ0) is 37.2. The predicted octanol–water partition coefficient (Wildman–Crippen LogP) is 10.3. The van der Waals surface area contributed by atoms with E-state index in [-0.39, 0.29) is 54.2 Å². The first-order chi connectivity index (χ1) is 24.8. The molecule has 6 aromatic carbocycles. The molecule has 0 bridgehead atoms. The molecule has 6 aromatic rings. The van der Waals surface area contributed by atoms with Gasteiger partial charge in [-0.25, -0.2) is 0 Å². The molecule has 0 radical (unpaired) electrons. The molecule has 0 fully saturated rings. The van der Waals surface area contributed by atoms with E-state index in [1.165, 1.54) is 24.3 Å². The van der Waals surface area contributed by atoms with Crippen molar-refractivity contribution in [1.82, 2.24) is 0 Å². The topological polar surface area (TPSA) is 199 Å². The van der Waals surface area contributed by atoms with Gasteiger partial charge in [-0.3, -0.25) is 9.11 Å². The van der Waals surface area contributed by atoms with E-state index in [0.29, 0.717) is 24.2 Å². The minimum absolute atomic E-state index is 0.113. The molecule has 0 heterocycles. The second-order valence-corrected chi connectivity index (χ2v) is 14.9. The minimum Gasteiger partial charge on any atom is -0.505 e. The lowest BCUT2D eigenvalue weighted by molar-refractivity contribution is 0.477. The number of rotatable bonds is 11. The molecule has 6 rings (SSSR count). The molecule has 0 amide bonds. The van der Waals surface area contributed by atoms with Crippen LogP contribution in [0.2, 0.25) is 0 Å². The van der Waals surface area contributed by atoms with Crippen molar-refractivity contribution in [1.29, 1.82) is 0 Å². The van der Waals surface area contributed by atoms with Gasteiger partial charge in [0.1, 0.15) is 21.2 Å². The maximum Gasteiger partial charge on any atom is 0.295 e. The summed E-state index contributed by atoms with van der Waals surface area (Å²) in [4.78, 5) is -0.775. The summed E-state index contributed by atoms with van der Waals surface area (Å²) in [6, 6.07) is 25.9. The lowest BCUT2D eigenvalue weighted by atomic mass is 9.96. The van der Waals surface area contributed by atoms with Crippen molar-refractivity contribution in [2.45, 2.75) is 49.3 Å². The number of hydrogen-bond acceptors (Lipinski definition) is 10.